The summed E-state index contributed by atoms with van der Waals surface area (Å²) in [5, 5.41) is 7.13. The summed E-state index contributed by atoms with van der Waals surface area (Å²) in [5.74, 6) is 0. The molecule has 11 aromatic rings. The standard InChI is InChI=1S/C55H38N2O/c1-55(2)47-24-9-5-20-41(47)44-23-14-28-51(54(44)55)57(39-18-13-17-38(34-39)56-49-26-11-7-21-42(49)43-22-8-12-27-50(43)56)48-25-10-6-19-40(48)37-29-30-52-45(32-37)46-31-35-15-3-4-16-36(35)33-53(46)58-52/h3-34H,1-2H3. The number of para-hydroxylation sites is 3. The predicted molar refractivity (Wildman–Crippen MR) is 243 cm³/mol. The number of hydrogen-bond donors (Lipinski definition) is 0. The second-order valence-electron chi connectivity index (χ2n) is 16.1. The number of rotatable bonds is 5. The molecule has 0 amide bonds. The molecule has 0 spiro atoms. The quantitative estimate of drug-likeness (QED) is 0.175. The topological polar surface area (TPSA) is 21.3 Å². The van der Waals surface area contributed by atoms with E-state index in [9.17, 15) is 0 Å². The van der Waals surface area contributed by atoms with Crippen LogP contribution in [-0.2, 0) is 5.41 Å². The highest BCUT2D eigenvalue weighted by molar-refractivity contribution is 6.12. The number of nitrogens with zero attached hydrogens (tertiary/aromatic N) is 2. The maximum atomic E-state index is 6.47. The molecule has 0 aliphatic heterocycles. The fourth-order valence-electron chi connectivity index (χ4n) is 9.93. The Morgan fingerprint density at radius 2 is 1.07 bits per heavy atom. The molecule has 58 heavy (non-hydrogen) atoms. The van der Waals surface area contributed by atoms with Gasteiger partial charge in [0, 0.05) is 43.9 Å². The van der Waals surface area contributed by atoms with Gasteiger partial charge in [-0.05, 0) is 105 Å². The molecule has 0 N–H and O–H groups in total. The van der Waals surface area contributed by atoms with Crippen molar-refractivity contribution in [2.45, 2.75) is 19.3 Å². The van der Waals surface area contributed by atoms with Crippen molar-refractivity contribution in [2.75, 3.05) is 4.90 Å². The molecule has 0 saturated heterocycles. The van der Waals surface area contributed by atoms with E-state index in [1.807, 2.05) is 0 Å². The summed E-state index contributed by atoms with van der Waals surface area (Å²) in [6, 6.07) is 70.8. The van der Waals surface area contributed by atoms with E-state index in [2.05, 4.69) is 217 Å². The van der Waals surface area contributed by atoms with Crippen molar-refractivity contribution in [2.24, 2.45) is 0 Å². The molecule has 0 unspecified atom stereocenters. The highest BCUT2D eigenvalue weighted by atomic mass is 16.3. The monoisotopic (exact) mass is 742 g/mol. The lowest BCUT2D eigenvalue weighted by atomic mass is 9.81. The lowest BCUT2D eigenvalue weighted by Gasteiger charge is -2.33. The third-order valence-electron chi connectivity index (χ3n) is 12.5. The van der Waals surface area contributed by atoms with Crippen LogP contribution >= 0.6 is 0 Å². The van der Waals surface area contributed by atoms with Crippen molar-refractivity contribution < 1.29 is 4.42 Å². The molecule has 1 aliphatic carbocycles. The third kappa shape index (κ3) is 4.74. The number of aromatic nitrogens is 1. The van der Waals surface area contributed by atoms with Crippen LogP contribution in [0.25, 0.3) is 82.5 Å². The molecular formula is C55H38N2O. The highest BCUT2D eigenvalue weighted by Crippen LogP contribution is 2.55. The van der Waals surface area contributed by atoms with E-state index in [1.54, 1.807) is 0 Å². The average Bonchev–Trinajstić information content (AvgIpc) is 3.88. The van der Waals surface area contributed by atoms with Crippen molar-refractivity contribution in [3.05, 3.63) is 205 Å². The van der Waals surface area contributed by atoms with Gasteiger partial charge in [-0.15, -0.1) is 0 Å². The van der Waals surface area contributed by atoms with Gasteiger partial charge in [-0.1, -0.05) is 141 Å². The summed E-state index contributed by atoms with van der Waals surface area (Å²) in [6.07, 6.45) is 0. The third-order valence-corrected chi connectivity index (χ3v) is 12.5. The molecule has 0 fully saturated rings. The zero-order chi connectivity index (χ0) is 38.5. The van der Waals surface area contributed by atoms with Crippen LogP contribution < -0.4 is 4.90 Å². The van der Waals surface area contributed by atoms with Crippen LogP contribution in [0, 0.1) is 0 Å². The van der Waals surface area contributed by atoms with Crippen molar-refractivity contribution in [3.8, 4) is 27.9 Å². The van der Waals surface area contributed by atoms with Gasteiger partial charge in [0.25, 0.3) is 0 Å². The lowest BCUT2D eigenvalue weighted by Crippen LogP contribution is -2.21. The number of anilines is 3. The predicted octanol–water partition coefficient (Wildman–Crippen LogP) is 15.3. The molecule has 1 aliphatic rings. The molecule has 0 bridgehead atoms. The van der Waals surface area contributed by atoms with E-state index in [4.69, 9.17) is 4.42 Å². The van der Waals surface area contributed by atoms with Crippen LogP contribution in [0.4, 0.5) is 17.1 Å². The second-order valence-corrected chi connectivity index (χ2v) is 16.1. The minimum atomic E-state index is -0.225. The van der Waals surface area contributed by atoms with Gasteiger partial charge < -0.3 is 13.9 Å². The van der Waals surface area contributed by atoms with Gasteiger partial charge in [0.2, 0.25) is 0 Å². The molecule has 12 rings (SSSR count). The smallest absolute Gasteiger partial charge is 0.136 e. The Balaban J connectivity index is 1.11. The summed E-state index contributed by atoms with van der Waals surface area (Å²) in [6.45, 7) is 4.75. The van der Waals surface area contributed by atoms with Gasteiger partial charge in [0.15, 0.2) is 0 Å². The van der Waals surface area contributed by atoms with Gasteiger partial charge in [-0.3, -0.25) is 0 Å². The normalized spacial score (nSPS) is 13.1. The Hall–Kier alpha value is -7.36. The van der Waals surface area contributed by atoms with Crippen LogP contribution in [-0.4, -0.2) is 4.57 Å². The Morgan fingerprint density at radius 3 is 1.88 bits per heavy atom. The minimum absolute atomic E-state index is 0.225. The Morgan fingerprint density at radius 1 is 0.448 bits per heavy atom. The van der Waals surface area contributed by atoms with Gasteiger partial charge in [0.05, 0.1) is 22.4 Å². The molecule has 9 aromatic carbocycles. The number of fused-ring (bicyclic) bond motifs is 10. The maximum Gasteiger partial charge on any atom is 0.136 e. The Labute approximate surface area is 336 Å². The van der Waals surface area contributed by atoms with Crippen molar-refractivity contribution in [1.29, 1.82) is 0 Å². The van der Waals surface area contributed by atoms with Crippen LogP contribution in [0.1, 0.15) is 25.0 Å². The fourth-order valence-corrected chi connectivity index (χ4v) is 9.93. The van der Waals surface area contributed by atoms with Crippen LogP contribution in [0.2, 0.25) is 0 Å². The molecule has 274 valence electrons. The fraction of sp³-hybridized carbons (Fsp3) is 0.0545. The summed E-state index contributed by atoms with van der Waals surface area (Å²) in [5.41, 5.74) is 16.0. The van der Waals surface area contributed by atoms with E-state index in [1.165, 1.54) is 60.5 Å². The number of benzene rings is 9. The first-order valence-corrected chi connectivity index (χ1v) is 20.1. The zero-order valence-electron chi connectivity index (χ0n) is 32.3. The Bertz CT molecular complexity index is 3400. The van der Waals surface area contributed by atoms with Crippen molar-refractivity contribution in [1.82, 2.24) is 4.57 Å². The zero-order valence-corrected chi connectivity index (χ0v) is 32.3. The van der Waals surface area contributed by atoms with E-state index in [0.717, 1.165) is 50.1 Å². The molecule has 2 aromatic heterocycles. The molecule has 3 heteroatoms. The highest BCUT2D eigenvalue weighted by Gasteiger charge is 2.39. The largest absolute Gasteiger partial charge is 0.456 e. The van der Waals surface area contributed by atoms with E-state index in [-0.39, 0.29) is 5.41 Å². The molecule has 0 saturated carbocycles. The molecule has 0 atom stereocenters. The lowest BCUT2D eigenvalue weighted by molar-refractivity contribution is 0.661. The summed E-state index contributed by atoms with van der Waals surface area (Å²) >= 11 is 0. The molecule has 3 nitrogen and oxygen atoms in total. The van der Waals surface area contributed by atoms with Gasteiger partial charge in [-0.25, -0.2) is 0 Å². The second kappa shape index (κ2) is 12.3. The first-order chi connectivity index (χ1) is 28.5. The molecular weight excluding hydrogens is 705 g/mol. The first kappa shape index (κ1) is 32.8. The van der Waals surface area contributed by atoms with Gasteiger partial charge in [-0.2, -0.15) is 0 Å². The van der Waals surface area contributed by atoms with Crippen molar-refractivity contribution in [3.63, 3.8) is 0 Å². The van der Waals surface area contributed by atoms with Crippen LogP contribution in [0.5, 0.6) is 0 Å². The average molecular weight is 743 g/mol. The molecule has 2 heterocycles. The number of hydrogen-bond acceptors (Lipinski definition) is 2. The van der Waals surface area contributed by atoms with Crippen molar-refractivity contribution >= 4 is 71.6 Å². The summed E-state index contributed by atoms with van der Waals surface area (Å²) in [4.78, 5) is 2.50. The molecule has 0 radical (unpaired) electrons. The number of furan rings is 1. The summed E-state index contributed by atoms with van der Waals surface area (Å²) < 4.78 is 8.88. The Kier molecular flexibility index (Phi) is 6.98. The van der Waals surface area contributed by atoms with E-state index in [0.29, 0.717) is 0 Å². The van der Waals surface area contributed by atoms with E-state index < -0.39 is 0 Å². The minimum Gasteiger partial charge on any atom is -0.456 e. The maximum absolute atomic E-state index is 6.47. The SMILES string of the molecule is CC1(C)c2ccccc2-c2cccc(N(c3cccc(-n4c5ccccc5c5ccccc54)c3)c3ccccc3-c3ccc4oc5cc6ccccc6cc5c4c3)c21. The van der Waals surface area contributed by atoms with Gasteiger partial charge in [0.1, 0.15) is 11.2 Å². The van der Waals surface area contributed by atoms with Crippen LogP contribution in [0.3, 0.4) is 0 Å². The van der Waals surface area contributed by atoms with Gasteiger partial charge >= 0.3 is 0 Å². The van der Waals surface area contributed by atoms with E-state index >= 15 is 0 Å². The summed E-state index contributed by atoms with van der Waals surface area (Å²) in [7, 11) is 0. The first-order valence-electron chi connectivity index (χ1n) is 20.1. The van der Waals surface area contributed by atoms with Crippen LogP contribution in [0.15, 0.2) is 199 Å².